The number of aryl methyl sites for hydroxylation is 1. The average Bonchev–Trinajstić information content (AvgIpc) is 2.85. The fraction of sp³-hybridized carbons (Fsp3) is 0.0833. The lowest BCUT2D eigenvalue weighted by molar-refractivity contribution is 0.439. The predicted molar refractivity (Wildman–Crippen MR) is 67.8 cm³/mol. The van der Waals surface area contributed by atoms with Gasteiger partial charge in [-0.25, -0.2) is 0 Å². The first-order valence-electron chi connectivity index (χ1n) is 5.13. The molecule has 0 aliphatic heterocycles. The van der Waals surface area contributed by atoms with Crippen molar-refractivity contribution in [2.75, 3.05) is 5.73 Å². The van der Waals surface area contributed by atoms with Gasteiger partial charge >= 0.3 is 0 Å². The third-order valence-electron chi connectivity index (χ3n) is 2.77. The molecule has 2 heterocycles. The summed E-state index contributed by atoms with van der Waals surface area (Å²) in [5, 5.41) is 5.58. The molecule has 5 heteroatoms. The summed E-state index contributed by atoms with van der Waals surface area (Å²) < 4.78 is 6.87. The van der Waals surface area contributed by atoms with Gasteiger partial charge in [0.1, 0.15) is 5.69 Å². The molecule has 3 rings (SSSR count). The molecule has 0 aliphatic carbocycles. The summed E-state index contributed by atoms with van der Waals surface area (Å²) in [6.07, 6.45) is 1.87. The number of rotatable bonds is 1. The highest BCUT2D eigenvalue weighted by Gasteiger charge is 2.13. The zero-order valence-electron chi connectivity index (χ0n) is 9.14. The average molecular weight is 248 g/mol. The summed E-state index contributed by atoms with van der Waals surface area (Å²) in [6.45, 7) is 0. The second-order valence-electron chi connectivity index (χ2n) is 3.90. The first kappa shape index (κ1) is 10.2. The lowest BCUT2D eigenvalue weighted by atomic mass is 10.1. The molecule has 86 valence electrons. The highest BCUT2D eigenvalue weighted by Crippen LogP contribution is 2.34. The van der Waals surface area contributed by atoms with Gasteiger partial charge < -0.3 is 14.8 Å². The van der Waals surface area contributed by atoms with Gasteiger partial charge in [-0.05, 0) is 6.07 Å². The van der Waals surface area contributed by atoms with Gasteiger partial charge in [0.05, 0.1) is 5.02 Å². The third-order valence-corrected chi connectivity index (χ3v) is 3.06. The van der Waals surface area contributed by atoms with E-state index in [1.807, 2.05) is 36.0 Å². The fourth-order valence-electron chi connectivity index (χ4n) is 2.02. The Morgan fingerprint density at radius 3 is 2.94 bits per heavy atom. The summed E-state index contributed by atoms with van der Waals surface area (Å²) >= 11 is 6.23. The van der Waals surface area contributed by atoms with Gasteiger partial charge in [-0.3, -0.25) is 0 Å². The van der Waals surface area contributed by atoms with Crippen molar-refractivity contribution in [1.82, 2.24) is 9.72 Å². The number of nitrogens with zero attached hydrogens (tertiary/aromatic N) is 2. The number of nitrogens with two attached hydrogens (primary N) is 1. The largest absolute Gasteiger partial charge is 0.368 e. The SMILES string of the molecule is Cn1cc(Cl)c2c(-c3cc(N)on3)cccc21. The van der Waals surface area contributed by atoms with E-state index in [4.69, 9.17) is 21.9 Å². The molecule has 3 aromatic rings. The lowest BCUT2D eigenvalue weighted by Crippen LogP contribution is -1.84. The van der Waals surface area contributed by atoms with Crippen LogP contribution in [-0.2, 0) is 7.05 Å². The van der Waals surface area contributed by atoms with Crippen LogP contribution >= 0.6 is 11.6 Å². The summed E-state index contributed by atoms with van der Waals surface area (Å²) in [7, 11) is 1.95. The molecule has 0 bridgehead atoms. The van der Waals surface area contributed by atoms with E-state index in [0.717, 1.165) is 16.5 Å². The number of anilines is 1. The Balaban J connectivity index is 2.37. The van der Waals surface area contributed by atoms with Crippen LogP contribution in [0.4, 0.5) is 5.88 Å². The Labute approximate surface area is 103 Å². The number of aromatic nitrogens is 2. The monoisotopic (exact) mass is 247 g/mol. The Morgan fingerprint density at radius 2 is 2.24 bits per heavy atom. The normalized spacial score (nSPS) is 11.2. The first-order chi connectivity index (χ1) is 8.16. The maximum Gasteiger partial charge on any atom is 0.222 e. The van der Waals surface area contributed by atoms with Crippen LogP contribution in [0, 0.1) is 0 Å². The molecular weight excluding hydrogens is 238 g/mol. The zero-order valence-corrected chi connectivity index (χ0v) is 9.90. The van der Waals surface area contributed by atoms with Crippen LogP contribution in [0.15, 0.2) is 35.0 Å². The van der Waals surface area contributed by atoms with E-state index in [9.17, 15) is 0 Å². The molecule has 0 saturated heterocycles. The van der Waals surface area contributed by atoms with Crippen LogP contribution in [-0.4, -0.2) is 9.72 Å². The van der Waals surface area contributed by atoms with Crippen LogP contribution in [0.5, 0.6) is 0 Å². The molecule has 4 nitrogen and oxygen atoms in total. The van der Waals surface area contributed by atoms with E-state index >= 15 is 0 Å². The van der Waals surface area contributed by atoms with Crippen molar-refractivity contribution >= 4 is 28.4 Å². The summed E-state index contributed by atoms with van der Waals surface area (Å²) in [6, 6.07) is 7.61. The molecule has 2 aromatic heterocycles. The van der Waals surface area contributed by atoms with Gasteiger partial charge in [-0.2, -0.15) is 0 Å². The van der Waals surface area contributed by atoms with Crippen molar-refractivity contribution in [3.63, 3.8) is 0 Å². The number of halogens is 1. The van der Waals surface area contributed by atoms with Crippen molar-refractivity contribution in [2.45, 2.75) is 0 Å². The molecule has 17 heavy (non-hydrogen) atoms. The second kappa shape index (κ2) is 3.53. The molecular formula is C12H10ClN3O. The van der Waals surface area contributed by atoms with E-state index in [-0.39, 0.29) is 0 Å². The predicted octanol–water partition coefficient (Wildman–Crippen LogP) is 3.07. The molecule has 0 fully saturated rings. The summed E-state index contributed by atoms with van der Waals surface area (Å²) in [4.78, 5) is 0. The van der Waals surface area contributed by atoms with Crippen molar-refractivity contribution in [2.24, 2.45) is 7.05 Å². The molecule has 0 saturated carbocycles. The van der Waals surface area contributed by atoms with E-state index in [0.29, 0.717) is 16.6 Å². The third kappa shape index (κ3) is 1.49. The fourth-order valence-corrected chi connectivity index (χ4v) is 2.36. The maximum atomic E-state index is 6.23. The number of fused-ring (bicyclic) bond motifs is 1. The molecule has 0 spiro atoms. The second-order valence-corrected chi connectivity index (χ2v) is 4.31. The topological polar surface area (TPSA) is 57.0 Å². The van der Waals surface area contributed by atoms with Crippen LogP contribution in [0.2, 0.25) is 5.02 Å². The smallest absolute Gasteiger partial charge is 0.222 e. The van der Waals surface area contributed by atoms with Crippen molar-refractivity contribution in [3.05, 3.63) is 35.5 Å². The molecule has 0 aliphatic rings. The van der Waals surface area contributed by atoms with Crippen LogP contribution in [0.3, 0.4) is 0 Å². The lowest BCUT2D eigenvalue weighted by Gasteiger charge is -2.00. The van der Waals surface area contributed by atoms with Crippen LogP contribution in [0.1, 0.15) is 0 Å². The Hall–Kier alpha value is -1.94. The first-order valence-corrected chi connectivity index (χ1v) is 5.50. The van der Waals surface area contributed by atoms with Gasteiger partial charge in [0.2, 0.25) is 5.88 Å². The minimum atomic E-state index is 0.295. The zero-order chi connectivity index (χ0) is 12.0. The highest BCUT2D eigenvalue weighted by atomic mass is 35.5. The standard InChI is InChI=1S/C12H10ClN3O/c1-16-6-8(13)12-7(3-2-4-10(12)16)9-5-11(14)17-15-9/h2-6H,14H2,1H3. The van der Waals surface area contributed by atoms with Gasteiger partial charge in [0, 0.05) is 35.8 Å². The van der Waals surface area contributed by atoms with Crippen molar-refractivity contribution in [3.8, 4) is 11.3 Å². The Kier molecular flexibility index (Phi) is 2.12. The highest BCUT2D eigenvalue weighted by molar-refractivity contribution is 6.36. The molecule has 0 unspecified atom stereocenters. The van der Waals surface area contributed by atoms with Gasteiger partial charge in [0.25, 0.3) is 0 Å². The Bertz CT molecular complexity index is 699. The molecule has 0 radical (unpaired) electrons. The van der Waals surface area contributed by atoms with E-state index < -0.39 is 0 Å². The molecule has 2 N–H and O–H groups in total. The Morgan fingerprint density at radius 1 is 1.41 bits per heavy atom. The number of hydrogen-bond donors (Lipinski definition) is 1. The van der Waals surface area contributed by atoms with Crippen LogP contribution in [0.25, 0.3) is 22.2 Å². The van der Waals surface area contributed by atoms with Gasteiger partial charge in [0.15, 0.2) is 0 Å². The van der Waals surface area contributed by atoms with E-state index in [1.54, 1.807) is 6.07 Å². The summed E-state index contributed by atoms with van der Waals surface area (Å²) in [5.74, 6) is 0.295. The quantitative estimate of drug-likeness (QED) is 0.719. The minimum absolute atomic E-state index is 0.295. The summed E-state index contributed by atoms with van der Waals surface area (Å²) in [5.41, 5.74) is 8.21. The van der Waals surface area contributed by atoms with Crippen LogP contribution < -0.4 is 5.73 Å². The van der Waals surface area contributed by atoms with E-state index in [2.05, 4.69) is 5.16 Å². The molecule has 0 amide bonds. The van der Waals surface area contributed by atoms with Gasteiger partial charge in [-0.15, -0.1) is 0 Å². The number of benzene rings is 1. The number of hydrogen-bond acceptors (Lipinski definition) is 3. The van der Waals surface area contributed by atoms with E-state index in [1.165, 1.54) is 0 Å². The minimum Gasteiger partial charge on any atom is -0.368 e. The van der Waals surface area contributed by atoms with Crippen molar-refractivity contribution < 1.29 is 4.52 Å². The molecule has 1 aromatic carbocycles. The van der Waals surface area contributed by atoms with Gasteiger partial charge in [-0.1, -0.05) is 28.9 Å². The van der Waals surface area contributed by atoms with Crippen molar-refractivity contribution in [1.29, 1.82) is 0 Å². The maximum absolute atomic E-state index is 6.23. The number of nitrogen functional groups attached to an aromatic ring is 1. The molecule has 0 atom stereocenters.